The van der Waals surface area contributed by atoms with Gasteiger partial charge in [0.15, 0.2) is 5.75 Å². The number of ether oxygens (including phenoxy) is 1. The molecule has 0 unspecified atom stereocenters. The molecule has 0 atom stereocenters. The van der Waals surface area contributed by atoms with Crippen molar-refractivity contribution in [3.8, 4) is 5.75 Å². The van der Waals surface area contributed by atoms with Gasteiger partial charge in [0.1, 0.15) is 15.9 Å². The lowest BCUT2D eigenvalue weighted by Gasteiger charge is -2.14. The maximum absolute atomic E-state index is 12.4. The van der Waals surface area contributed by atoms with E-state index < -0.39 is 35.9 Å². The number of carboxylic acids is 1. The number of pyridine rings is 1. The fourth-order valence-corrected chi connectivity index (χ4v) is 1.57. The zero-order chi connectivity index (χ0) is 13.2. The molecular weight excluding hydrogens is 361 g/mol. The van der Waals surface area contributed by atoms with Gasteiger partial charge in [0.2, 0.25) is 0 Å². The smallest absolute Gasteiger partial charge is 0.478 e. The molecule has 0 bridgehead atoms. The van der Waals surface area contributed by atoms with E-state index in [2.05, 4.69) is 9.72 Å². The van der Waals surface area contributed by atoms with Gasteiger partial charge in [-0.1, -0.05) is 0 Å². The monoisotopic (exact) mass is 365 g/mol. The number of hydrogen-bond donors (Lipinski definition) is 1. The molecule has 0 saturated heterocycles. The summed E-state index contributed by atoms with van der Waals surface area (Å²) >= 11 is 1.37. The average molecular weight is 365 g/mol. The summed E-state index contributed by atoms with van der Waals surface area (Å²) in [4.78, 5) is 14.2. The Hall–Kier alpha value is -1.13. The second kappa shape index (κ2) is 5.02. The van der Waals surface area contributed by atoms with Gasteiger partial charge in [-0.05, 0) is 22.6 Å². The van der Waals surface area contributed by atoms with Crippen LogP contribution in [0.3, 0.4) is 0 Å². The normalized spacial score (nSPS) is 11.4. The standard InChI is InChI=1S/C8H4F4INO3/c9-1-3-2-14-6(13)5(4(3)7(15)16)17-8(10,11)12/h2H,1H2,(H,15,16). The molecule has 0 aliphatic carbocycles. The summed E-state index contributed by atoms with van der Waals surface area (Å²) in [6.07, 6.45) is -4.21. The lowest BCUT2D eigenvalue weighted by Crippen LogP contribution is -2.21. The number of carbonyl (C=O) groups is 1. The topological polar surface area (TPSA) is 59.4 Å². The van der Waals surface area contributed by atoms with Crippen molar-refractivity contribution in [2.75, 3.05) is 0 Å². The van der Waals surface area contributed by atoms with E-state index in [-0.39, 0.29) is 3.70 Å². The van der Waals surface area contributed by atoms with Crippen molar-refractivity contribution in [2.24, 2.45) is 0 Å². The Kier molecular flexibility index (Phi) is 4.11. The number of aromatic nitrogens is 1. The quantitative estimate of drug-likeness (QED) is 0.509. The van der Waals surface area contributed by atoms with Gasteiger partial charge in [-0.2, -0.15) is 0 Å². The molecule has 0 amide bonds. The minimum atomic E-state index is -5.07. The van der Waals surface area contributed by atoms with Crippen LogP contribution in [0.25, 0.3) is 0 Å². The van der Waals surface area contributed by atoms with Crippen LogP contribution < -0.4 is 4.74 Å². The number of rotatable bonds is 3. The summed E-state index contributed by atoms with van der Waals surface area (Å²) in [6, 6.07) is 0. The molecule has 1 heterocycles. The zero-order valence-corrected chi connectivity index (χ0v) is 10.0. The fourth-order valence-electron chi connectivity index (χ4n) is 1.05. The van der Waals surface area contributed by atoms with Crippen LogP contribution in [-0.4, -0.2) is 22.4 Å². The summed E-state index contributed by atoms with van der Waals surface area (Å²) < 4.78 is 51.9. The highest BCUT2D eigenvalue weighted by Gasteiger charge is 2.35. The van der Waals surface area contributed by atoms with Gasteiger partial charge in [-0.15, -0.1) is 13.2 Å². The fraction of sp³-hybridized carbons (Fsp3) is 0.250. The first-order valence-electron chi connectivity index (χ1n) is 3.98. The minimum Gasteiger partial charge on any atom is -0.478 e. The number of carboxylic acid groups (broad SMARTS) is 1. The number of nitrogens with zero attached hydrogens (tertiary/aromatic N) is 1. The molecule has 94 valence electrons. The Morgan fingerprint density at radius 2 is 2.12 bits per heavy atom. The van der Waals surface area contributed by atoms with Crippen molar-refractivity contribution in [1.82, 2.24) is 4.98 Å². The summed E-state index contributed by atoms with van der Waals surface area (Å²) in [7, 11) is 0. The molecule has 0 aliphatic heterocycles. The molecule has 0 saturated carbocycles. The molecular formula is C8H4F4INO3. The van der Waals surface area contributed by atoms with Crippen LogP contribution >= 0.6 is 22.6 Å². The van der Waals surface area contributed by atoms with Crippen LogP contribution in [0.1, 0.15) is 15.9 Å². The maximum Gasteiger partial charge on any atom is 0.573 e. The Balaban J connectivity index is 3.39. The third-order valence-electron chi connectivity index (χ3n) is 1.64. The van der Waals surface area contributed by atoms with Gasteiger partial charge in [0, 0.05) is 11.8 Å². The van der Waals surface area contributed by atoms with Crippen LogP contribution in [0.5, 0.6) is 5.75 Å². The second-order valence-electron chi connectivity index (χ2n) is 2.76. The van der Waals surface area contributed by atoms with Crippen LogP contribution in [-0.2, 0) is 6.67 Å². The van der Waals surface area contributed by atoms with E-state index in [1.807, 2.05) is 0 Å². The molecule has 17 heavy (non-hydrogen) atoms. The molecule has 1 N–H and O–H groups in total. The van der Waals surface area contributed by atoms with E-state index >= 15 is 0 Å². The predicted octanol–water partition coefficient (Wildman–Crippen LogP) is 2.75. The van der Waals surface area contributed by atoms with Crippen LogP contribution in [0.2, 0.25) is 0 Å². The molecule has 0 radical (unpaired) electrons. The summed E-state index contributed by atoms with van der Waals surface area (Å²) in [5.74, 6) is -2.71. The van der Waals surface area contributed by atoms with Gasteiger partial charge < -0.3 is 9.84 Å². The van der Waals surface area contributed by atoms with E-state index in [9.17, 15) is 22.4 Å². The first kappa shape index (κ1) is 13.9. The molecule has 0 spiro atoms. The van der Waals surface area contributed by atoms with Gasteiger partial charge in [-0.25, -0.2) is 14.2 Å². The predicted molar refractivity (Wildman–Crippen MR) is 55.4 cm³/mol. The molecule has 0 aromatic carbocycles. The van der Waals surface area contributed by atoms with Gasteiger partial charge in [0.05, 0.1) is 0 Å². The third-order valence-corrected chi connectivity index (χ3v) is 2.41. The van der Waals surface area contributed by atoms with Gasteiger partial charge in [0.25, 0.3) is 0 Å². The van der Waals surface area contributed by atoms with Crippen molar-refractivity contribution in [3.63, 3.8) is 0 Å². The SMILES string of the molecule is O=C(O)c1c(CF)cnc(I)c1OC(F)(F)F. The first-order valence-corrected chi connectivity index (χ1v) is 5.06. The van der Waals surface area contributed by atoms with E-state index in [1.165, 1.54) is 22.6 Å². The minimum absolute atomic E-state index is 0.311. The van der Waals surface area contributed by atoms with Crippen LogP contribution in [0, 0.1) is 3.70 Å². The zero-order valence-electron chi connectivity index (χ0n) is 7.89. The molecule has 1 aromatic heterocycles. The molecule has 4 nitrogen and oxygen atoms in total. The van der Waals surface area contributed by atoms with Crippen molar-refractivity contribution in [2.45, 2.75) is 13.0 Å². The largest absolute Gasteiger partial charge is 0.573 e. The lowest BCUT2D eigenvalue weighted by atomic mass is 10.1. The number of alkyl halides is 4. The summed E-state index contributed by atoms with van der Waals surface area (Å²) in [5, 5.41) is 8.75. The molecule has 1 aromatic rings. The second-order valence-corrected chi connectivity index (χ2v) is 3.79. The third kappa shape index (κ3) is 3.41. The highest BCUT2D eigenvalue weighted by molar-refractivity contribution is 14.1. The molecule has 0 aliphatic rings. The molecule has 0 fully saturated rings. The number of hydrogen-bond acceptors (Lipinski definition) is 3. The highest BCUT2D eigenvalue weighted by atomic mass is 127. The van der Waals surface area contributed by atoms with Crippen molar-refractivity contribution in [1.29, 1.82) is 0 Å². The summed E-state index contributed by atoms with van der Waals surface area (Å²) in [6.45, 7) is -1.25. The van der Waals surface area contributed by atoms with Crippen molar-refractivity contribution < 1.29 is 32.2 Å². The molecule has 9 heteroatoms. The number of aromatic carboxylic acids is 1. The lowest BCUT2D eigenvalue weighted by molar-refractivity contribution is -0.275. The first-order chi connectivity index (χ1) is 7.76. The number of halogens is 5. The average Bonchev–Trinajstić information content (AvgIpc) is 2.18. The van der Waals surface area contributed by atoms with Gasteiger partial charge >= 0.3 is 12.3 Å². The molecule has 1 rings (SSSR count). The Labute approximate surface area is 106 Å². The van der Waals surface area contributed by atoms with E-state index in [4.69, 9.17) is 5.11 Å². The maximum atomic E-state index is 12.4. The Bertz CT molecular complexity index is 449. The summed E-state index contributed by atoms with van der Waals surface area (Å²) in [5.41, 5.74) is -1.35. The Morgan fingerprint density at radius 3 is 2.53 bits per heavy atom. The highest BCUT2D eigenvalue weighted by Crippen LogP contribution is 2.32. The van der Waals surface area contributed by atoms with E-state index in [0.29, 0.717) is 0 Å². The van der Waals surface area contributed by atoms with Crippen LogP contribution in [0.15, 0.2) is 6.20 Å². The van der Waals surface area contributed by atoms with Crippen LogP contribution in [0.4, 0.5) is 17.6 Å². The van der Waals surface area contributed by atoms with Gasteiger partial charge in [-0.3, -0.25) is 0 Å². The van der Waals surface area contributed by atoms with Crippen molar-refractivity contribution in [3.05, 3.63) is 21.0 Å². The van der Waals surface area contributed by atoms with E-state index in [0.717, 1.165) is 6.20 Å². The Morgan fingerprint density at radius 1 is 1.53 bits per heavy atom. The van der Waals surface area contributed by atoms with Crippen molar-refractivity contribution >= 4 is 28.6 Å². The van der Waals surface area contributed by atoms with E-state index in [1.54, 1.807) is 0 Å².